The number of halogens is 18. The summed E-state index contributed by atoms with van der Waals surface area (Å²) in [5.41, 5.74) is 0. The van der Waals surface area contributed by atoms with Gasteiger partial charge in [0.2, 0.25) is 0 Å². The maximum Gasteiger partial charge on any atom is 0.460 e. The molecule has 0 rings (SSSR count). The Hall–Kier alpha value is -1.34. The van der Waals surface area contributed by atoms with Gasteiger partial charge in [0.25, 0.3) is 0 Å². The monoisotopic (exact) mass is 568 g/mol. The van der Waals surface area contributed by atoms with Crippen LogP contribution in [0, 0.1) is 0 Å². The molecule has 0 saturated carbocycles. The summed E-state index contributed by atoms with van der Waals surface area (Å²) in [7, 11) is 0. The average molecular weight is 568 g/mol. The van der Waals surface area contributed by atoms with Gasteiger partial charge >= 0.3 is 47.9 Å². The molecule has 0 N–H and O–H groups in total. The molecule has 2 nitrogen and oxygen atoms in total. The van der Waals surface area contributed by atoms with Crippen LogP contribution in [0.2, 0.25) is 0 Å². The molecule has 212 valence electrons. The zero-order valence-corrected chi connectivity index (χ0v) is 16.6. The van der Waals surface area contributed by atoms with Gasteiger partial charge in [-0.3, -0.25) is 0 Å². The quantitative estimate of drug-likeness (QED) is 0.164. The molecule has 0 unspecified atom stereocenters. The van der Waals surface area contributed by atoms with Crippen LogP contribution in [0.5, 0.6) is 0 Å². The Morgan fingerprint density at radius 3 is 0.829 bits per heavy atom. The Balaban J connectivity index is 4.52. The van der Waals surface area contributed by atoms with Gasteiger partial charge in [-0.15, -0.1) is 0 Å². The van der Waals surface area contributed by atoms with Crippen LogP contribution in [0.3, 0.4) is 0 Å². The first kappa shape index (κ1) is 33.7. The zero-order valence-electron chi connectivity index (χ0n) is 16.6. The Morgan fingerprint density at radius 2 is 0.600 bits per heavy atom. The molecule has 0 aromatic heterocycles. The molecule has 35 heavy (non-hydrogen) atoms. The van der Waals surface area contributed by atoms with Gasteiger partial charge in [-0.25, -0.2) is 0 Å². The highest BCUT2D eigenvalue weighted by Crippen LogP contribution is 2.55. The third-order valence-electron chi connectivity index (χ3n) is 4.12. The lowest BCUT2D eigenvalue weighted by atomic mass is 10.0. The SMILES string of the molecule is FC(F)(F)C(F)(F)C(F)(F)C(F)(F)CCOCCCOCCC(F)(F)C(F)(F)C(F)(F)C(F)(F)F. The Kier molecular flexibility index (Phi) is 10.2. The average Bonchev–Trinajstić information content (AvgIpc) is 2.64. The number of alkyl halides is 18. The van der Waals surface area contributed by atoms with Crippen LogP contribution in [0.25, 0.3) is 0 Å². The van der Waals surface area contributed by atoms with Crippen molar-refractivity contribution in [3.63, 3.8) is 0 Å². The standard InChI is InChI=1S/C15H14F18O2/c16-8(17,10(20,21)12(24,25)14(28,29)30)2-6-34-4-1-5-35-7-3-9(18,19)11(22,23)13(26,27)15(31,32)33/h1-7H2. The predicted octanol–water partition coefficient (Wildman–Crippen LogP) is 7.13. The fraction of sp³-hybridized carbons (Fsp3) is 1.00. The minimum absolute atomic E-state index is 0.554. The van der Waals surface area contributed by atoms with E-state index in [2.05, 4.69) is 9.47 Å². The first-order chi connectivity index (χ1) is 15.2. The van der Waals surface area contributed by atoms with E-state index in [1.165, 1.54) is 0 Å². The zero-order chi connectivity index (χ0) is 28.4. The number of hydrogen-bond donors (Lipinski definition) is 0. The number of hydrogen-bond acceptors (Lipinski definition) is 2. The van der Waals surface area contributed by atoms with Crippen molar-refractivity contribution < 1.29 is 88.5 Å². The molecule has 0 saturated heterocycles. The van der Waals surface area contributed by atoms with E-state index in [9.17, 15) is 79.0 Å². The van der Waals surface area contributed by atoms with E-state index in [4.69, 9.17) is 0 Å². The summed E-state index contributed by atoms with van der Waals surface area (Å²) in [5, 5.41) is 0. The van der Waals surface area contributed by atoms with Crippen LogP contribution in [-0.2, 0) is 9.47 Å². The lowest BCUT2D eigenvalue weighted by Gasteiger charge is -2.33. The van der Waals surface area contributed by atoms with Crippen LogP contribution in [-0.4, -0.2) is 74.3 Å². The normalized spacial score (nSPS) is 15.6. The van der Waals surface area contributed by atoms with Gasteiger partial charge in [0.05, 0.1) is 13.2 Å². The first-order valence-electron chi connectivity index (χ1n) is 8.76. The topological polar surface area (TPSA) is 18.5 Å². The molecular weight excluding hydrogens is 554 g/mol. The van der Waals surface area contributed by atoms with Gasteiger partial charge in [-0.2, -0.15) is 79.0 Å². The van der Waals surface area contributed by atoms with E-state index in [0.29, 0.717) is 0 Å². The van der Waals surface area contributed by atoms with Crippen molar-refractivity contribution in [2.24, 2.45) is 0 Å². The third-order valence-corrected chi connectivity index (χ3v) is 4.12. The molecule has 0 aliphatic rings. The molecule has 0 aliphatic carbocycles. The summed E-state index contributed by atoms with van der Waals surface area (Å²) in [4.78, 5) is 0. The molecule has 0 aliphatic heterocycles. The smallest absolute Gasteiger partial charge is 0.381 e. The summed E-state index contributed by atoms with van der Waals surface area (Å²) in [6.07, 6.45) is -19.2. The maximum absolute atomic E-state index is 13.2. The molecule has 0 spiro atoms. The summed E-state index contributed by atoms with van der Waals surface area (Å²) in [6, 6.07) is 0. The molecule has 0 aromatic rings. The van der Waals surface area contributed by atoms with Gasteiger partial charge in [-0.1, -0.05) is 0 Å². The van der Waals surface area contributed by atoms with Crippen LogP contribution < -0.4 is 0 Å². The highest BCUT2D eigenvalue weighted by Gasteiger charge is 2.82. The van der Waals surface area contributed by atoms with Crippen molar-refractivity contribution in [2.75, 3.05) is 26.4 Å². The van der Waals surface area contributed by atoms with Crippen molar-refractivity contribution in [2.45, 2.75) is 67.2 Å². The highest BCUT2D eigenvalue weighted by molar-refractivity contribution is 5.01. The molecule has 0 atom stereocenters. The van der Waals surface area contributed by atoms with Crippen molar-refractivity contribution in [1.82, 2.24) is 0 Å². The Bertz CT molecular complexity index is 610. The highest BCUT2D eigenvalue weighted by atomic mass is 19.4. The van der Waals surface area contributed by atoms with Gasteiger partial charge in [0.1, 0.15) is 0 Å². The molecule has 0 fully saturated rings. The summed E-state index contributed by atoms with van der Waals surface area (Å²) in [5.74, 6) is -39.7. The van der Waals surface area contributed by atoms with E-state index < -0.39 is 93.6 Å². The molecule has 0 bridgehead atoms. The summed E-state index contributed by atoms with van der Waals surface area (Å²) < 4.78 is 235. The van der Waals surface area contributed by atoms with E-state index in [1.54, 1.807) is 0 Å². The second-order valence-electron chi connectivity index (χ2n) is 6.78. The van der Waals surface area contributed by atoms with E-state index >= 15 is 0 Å². The third kappa shape index (κ3) is 6.91. The number of rotatable bonds is 14. The van der Waals surface area contributed by atoms with Crippen molar-refractivity contribution >= 4 is 0 Å². The molecule has 0 heterocycles. The van der Waals surface area contributed by atoms with Gasteiger partial charge in [0.15, 0.2) is 0 Å². The predicted molar refractivity (Wildman–Crippen MR) is 77.3 cm³/mol. The summed E-state index contributed by atoms with van der Waals surface area (Å²) in [6.45, 7) is -4.66. The van der Waals surface area contributed by atoms with Gasteiger partial charge in [-0.05, 0) is 6.42 Å². The van der Waals surface area contributed by atoms with E-state index in [-0.39, 0.29) is 0 Å². The van der Waals surface area contributed by atoms with Crippen LogP contribution in [0.15, 0.2) is 0 Å². The lowest BCUT2D eigenvalue weighted by Crippen LogP contribution is -2.61. The van der Waals surface area contributed by atoms with Crippen molar-refractivity contribution in [3.05, 3.63) is 0 Å². The fourth-order valence-electron chi connectivity index (χ4n) is 2.00. The van der Waals surface area contributed by atoms with E-state index in [0.717, 1.165) is 0 Å². The molecular formula is C15H14F18O2. The largest absolute Gasteiger partial charge is 0.460 e. The minimum atomic E-state index is -7.10. The fourth-order valence-corrected chi connectivity index (χ4v) is 2.00. The Labute approximate surface area is 183 Å². The van der Waals surface area contributed by atoms with Crippen LogP contribution in [0.1, 0.15) is 19.3 Å². The molecule has 0 amide bonds. The van der Waals surface area contributed by atoms with Gasteiger partial charge < -0.3 is 9.47 Å². The van der Waals surface area contributed by atoms with Crippen LogP contribution >= 0.6 is 0 Å². The lowest BCUT2D eigenvalue weighted by molar-refractivity contribution is -0.397. The second-order valence-corrected chi connectivity index (χ2v) is 6.78. The van der Waals surface area contributed by atoms with E-state index in [1.807, 2.05) is 0 Å². The van der Waals surface area contributed by atoms with Crippen molar-refractivity contribution in [1.29, 1.82) is 0 Å². The molecule has 0 radical (unpaired) electrons. The molecule has 0 aromatic carbocycles. The summed E-state index contributed by atoms with van der Waals surface area (Å²) >= 11 is 0. The molecule has 20 heteroatoms. The minimum Gasteiger partial charge on any atom is -0.381 e. The van der Waals surface area contributed by atoms with Crippen molar-refractivity contribution in [3.8, 4) is 0 Å². The first-order valence-corrected chi connectivity index (χ1v) is 8.76. The second kappa shape index (κ2) is 10.6. The van der Waals surface area contributed by atoms with Gasteiger partial charge in [0, 0.05) is 26.1 Å². The van der Waals surface area contributed by atoms with Crippen LogP contribution in [0.4, 0.5) is 79.0 Å². The Morgan fingerprint density at radius 1 is 0.343 bits per heavy atom. The number of ether oxygens (including phenoxy) is 2. The maximum atomic E-state index is 13.2.